The molecule has 0 saturated carbocycles. The van der Waals surface area contributed by atoms with Gasteiger partial charge in [0.05, 0.1) is 5.69 Å². The van der Waals surface area contributed by atoms with Crippen LogP contribution in [-0.4, -0.2) is 22.4 Å². The van der Waals surface area contributed by atoms with Gasteiger partial charge in [0, 0.05) is 35.3 Å². The topological polar surface area (TPSA) is 69.8 Å². The molecule has 6 heteroatoms. The average molecular weight is 298 g/mol. The maximum Gasteiger partial charge on any atom is 0.273 e. The zero-order valence-electron chi connectivity index (χ0n) is 11.3. The van der Waals surface area contributed by atoms with Crippen molar-refractivity contribution in [2.24, 2.45) is 0 Å². The molecule has 0 atom stereocenters. The van der Waals surface area contributed by atoms with Crippen LogP contribution in [0.5, 0.6) is 0 Å². The highest BCUT2D eigenvalue weighted by Crippen LogP contribution is 2.26. The Morgan fingerprint density at radius 1 is 1.33 bits per heavy atom. The molecule has 3 N–H and O–H groups in total. The number of amides is 1. The van der Waals surface area contributed by atoms with Crippen LogP contribution in [0.2, 0.25) is 0 Å². The van der Waals surface area contributed by atoms with E-state index in [0.29, 0.717) is 10.8 Å². The number of H-pyrrole nitrogens is 1. The lowest BCUT2D eigenvalue weighted by Gasteiger charge is -2.09. The van der Waals surface area contributed by atoms with Gasteiger partial charge in [0.1, 0.15) is 5.69 Å². The molecular formula is C15H14N4OS. The molecule has 1 aliphatic heterocycles. The van der Waals surface area contributed by atoms with Gasteiger partial charge < -0.3 is 10.3 Å². The molecule has 106 valence electrons. The fourth-order valence-electron chi connectivity index (χ4n) is 2.54. The second-order valence-corrected chi connectivity index (χ2v) is 6.12. The molecule has 0 spiro atoms. The van der Waals surface area contributed by atoms with E-state index in [0.717, 1.165) is 36.1 Å². The highest BCUT2D eigenvalue weighted by molar-refractivity contribution is 7.15. The summed E-state index contributed by atoms with van der Waals surface area (Å²) in [6.07, 6.45) is 0.925. The van der Waals surface area contributed by atoms with Gasteiger partial charge in [0.2, 0.25) is 0 Å². The maximum atomic E-state index is 12.3. The smallest absolute Gasteiger partial charge is 0.273 e. The van der Waals surface area contributed by atoms with Crippen LogP contribution in [0.15, 0.2) is 30.3 Å². The van der Waals surface area contributed by atoms with Gasteiger partial charge >= 0.3 is 0 Å². The number of anilines is 1. The van der Waals surface area contributed by atoms with Crippen molar-refractivity contribution in [2.75, 3.05) is 11.9 Å². The van der Waals surface area contributed by atoms with Crippen molar-refractivity contribution in [2.45, 2.75) is 13.0 Å². The Balaban J connectivity index is 1.58. The third kappa shape index (κ3) is 2.32. The van der Waals surface area contributed by atoms with Gasteiger partial charge in [-0.3, -0.25) is 10.1 Å². The third-order valence-electron chi connectivity index (χ3n) is 3.60. The summed E-state index contributed by atoms with van der Waals surface area (Å²) in [5.41, 5.74) is 2.62. The number of hydrogen-bond acceptors (Lipinski definition) is 4. The van der Waals surface area contributed by atoms with Crippen molar-refractivity contribution in [1.29, 1.82) is 0 Å². The lowest BCUT2D eigenvalue weighted by atomic mass is 10.2. The van der Waals surface area contributed by atoms with Crippen molar-refractivity contribution < 1.29 is 4.79 Å². The highest BCUT2D eigenvalue weighted by atomic mass is 32.1. The lowest BCUT2D eigenvalue weighted by molar-refractivity contribution is 0.102. The fourth-order valence-corrected chi connectivity index (χ4v) is 3.51. The number of benzene rings is 1. The summed E-state index contributed by atoms with van der Waals surface area (Å²) < 4.78 is 0. The van der Waals surface area contributed by atoms with Crippen LogP contribution in [-0.2, 0) is 13.0 Å². The van der Waals surface area contributed by atoms with Crippen LogP contribution in [0.1, 0.15) is 21.1 Å². The number of carbonyl (C=O) groups excluding carboxylic acids is 1. The zero-order chi connectivity index (χ0) is 14.2. The molecule has 0 radical (unpaired) electrons. The van der Waals surface area contributed by atoms with Crippen molar-refractivity contribution in [3.05, 3.63) is 46.6 Å². The number of nitrogens with zero attached hydrogens (tertiary/aromatic N) is 1. The van der Waals surface area contributed by atoms with Gasteiger partial charge in [-0.25, -0.2) is 4.98 Å². The quantitative estimate of drug-likeness (QED) is 0.681. The van der Waals surface area contributed by atoms with E-state index in [-0.39, 0.29) is 5.91 Å². The minimum Gasteiger partial charge on any atom is -0.351 e. The summed E-state index contributed by atoms with van der Waals surface area (Å²) in [5, 5.41) is 7.90. The molecule has 0 bridgehead atoms. The Hall–Kier alpha value is -2.18. The molecular weight excluding hydrogens is 284 g/mol. The molecule has 0 saturated heterocycles. The SMILES string of the molecule is O=C(Nc1nc2c(s1)CNCC2)c1cc2ccccc2[nH]1. The third-order valence-corrected chi connectivity index (χ3v) is 4.61. The molecule has 0 aliphatic carbocycles. The van der Waals surface area contributed by atoms with E-state index < -0.39 is 0 Å². The number of para-hydroxylation sites is 1. The molecule has 0 fully saturated rings. The molecule has 2 aromatic heterocycles. The van der Waals surface area contributed by atoms with E-state index in [9.17, 15) is 4.79 Å². The van der Waals surface area contributed by atoms with E-state index in [4.69, 9.17) is 0 Å². The van der Waals surface area contributed by atoms with Crippen molar-refractivity contribution >= 4 is 33.3 Å². The molecule has 1 amide bonds. The van der Waals surface area contributed by atoms with Gasteiger partial charge in [-0.2, -0.15) is 0 Å². The number of carbonyl (C=O) groups is 1. The lowest BCUT2D eigenvalue weighted by Crippen LogP contribution is -2.22. The number of aromatic amines is 1. The fraction of sp³-hybridized carbons (Fsp3) is 0.200. The van der Waals surface area contributed by atoms with Crippen LogP contribution in [0.4, 0.5) is 5.13 Å². The number of nitrogens with one attached hydrogen (secondary N) is 3. The standard InChI is InChI=1S/C15H14N4OS/c20-14(12-7-9-3-1-2-4-10(9)17-12)19-15-18-11-5-6-16-8-13(11)21-15/h1-4,7,16-17H,5-6,8H2,(H,18,19,20). The summed E-state index contributed by atoms with van der Waals surface area (Å²) >= 11 is 1.55. The van der Waals surface area contributed by atoms with E-state index >= 15 is 0 Å². The van der Waals surface area contributed by atoms with Gasteiger partial charge in [-0.05, 0) is 12.1 Å². The van der Waals surface area contributed by atoms with E-state index in [1.807, 2.05) is 30.3 Å². The summed E-state index contributed by atoms with van der Waals surface area (Å²) in [4.78, 5) is 21.2. The second-order valence-electron chi connectivity index (χ2n) is 5.04. The minimum atomic E-state index is -0.148. The predicted octanol–water partition coefficient (Wildman–Crippen LogP) is 2.52. The van der Waals surface area contributed by atoms with Crippen LogP contribution < -0.4 is 10.6 Å². The Kier molecular flexibility index (Phi) is 2.98. The molecule has 3 aromatic rings. The second kappa shape index (κ2) is 4.98. The zero-order valence-corrected chi connectivity index (χ0v) is 12.1. The molecule has 1 aromatic carbocycles. The monoisotopic (exact) mass is 298 g/mol. The number of thiazole rings is 1. The van der Waals surface area contributed by atoms with Crippen molar-refractivity contribution in [1.82, 2.24) is 15.3 Å². The number of hydrogen-bond donors (Lipinski definition) is 3. The summed E-state index contributed by atoms with van der Waals surface area (Å²) in [6.45, 7) is 1.79. The van der Waals surface area contributed by atoms with E-state index in [1.165, 1.54) is 4.88 Å². The summed E-state index contributed by atoms with van der Waals surface area (Å²) in [5.74, 6) is -0.148. The molecule has 3 heterocycles. The van der Waals surface area contributed by atoms with Gasteiger partial charge in [-0.15, -0.1) is 11.3 Å². The van der Waals surface area contributed by atoms with Crippen LogP contribution in [0, 0.1) is 0 Å². The molecule has 1 aliphatic rings. The van der Waals surface area contributed by atoms with E-state index in [2.05, 4.69) is 20.6 Å². The largest absolute Gasteiger partial charge is 0.351 e. The molecule has 4 rings (SSSR count). The first-order valence-electron chi connectivity index (χ1n) is 6.88. The van der Waals surface area contributed by atoms with Gasteiger partial charge in [0.25, 0.3) is 5.91 Å². The summed E-state index contributed by atoms with van der Waals surface area (Å²) in [6, 6.07) is 9.71. The Labute approximate surface area is 125 Å². The van der Waals surface area contributed by atoms with E-state index in [1.54, 1.807) is 11.3 Å². The van der Waals surface area contributed by atoms with Crippen LogP contribution in [0.25, 0.3) is 10.9 Å². The average Bonchev–Trinajstić information content (AvgIpc) is 3.10. The number of aromatic nitrogens is 2. The first-order valence-corrected chi connectivity index (χ1v) is 7.69. The maximum absolute atomic E-state index is 12.3. The normalized spacial score (nSPS) is 14.1. The Bertz CT molecular complexity index is 764. The van der Waals surface area contributed by atoms with Crippen molar-refractivity contribution in [3.8, 4) is 0 Å². The minimum absolute atomic E-state index is 0.148. The number of rotatable bonds is 2. The predicted molar refractivity (Wildman–Crippen MR) is 83.8 cm³/mol. The Morgan fingerprint density at radius 2 is 2.24 bits per heavy atom. The molecule has 0 unspecified atom stereocenters. The Morgan fingerprint density at radius 3 is 3.10 bits per heavy atom. The van der Waals surface area contributed by atoms with Crippen LogP contribution >= 0.6 is 11.3 Å². The van der Waals surface area contributed by atoms with Gasteiger partial charge in [0.15, 0.2) is 5.13 Å². The first-order chi connectivity index (χ1) is 10.3. The highest BCUT2D eigenvalue weighted by Gasteiger charge is 2.17. The molecule has 5 nitrogen and oxygen atoms in total. The summed E-state index contributed by atoms with van der Waals surface area (Å²) in [7, 11) is 0. The molecule has 21 heavy (non-hydrogen) atoms. The van der Waals surface area contributed by atoms with Crippen LogP contribution in [0.3, 0.4) is 0 Å². The number of fused-ring (bicyclic) bond motifs is 2. The van der Waals surface area contributed by atoms with Gasteiger partial charge in [-0.1, -0.05) is 18.2 Å². The van der Waals surface area contributed by atoms with Crippen molar-refractivity contribution in [3.63, 3.8) is 0 Å². The first kappa shape index (κ1) is 12.6.